The van der Waals surface area contributed by atoms with Crippen LogP contribution in [0.15, 0.2) is 206 Å². The van der Waals surface area contributed by atoms with E-state index in [1.54, 1.807) is 0 Å². The van der Waals surface area contributed by atoms with Gasteiger partial charge < -0.3 is 9.13 Å². The second-order valence-corrected chi connectivity index (χ2v) is 16.0. The van der Waals surface area contributed by atoms with E-state index in [1.807, 2.05) is 11.3 Å². The Bertz CT molecular complexity index is 3490. The summed E-state index contributed by atoms with van der Waals surface area (Å²) in [6.45, 7) is 0. The summed E-state index contributed by atoms with van der Waals surface area (Å²) >= 11 is 1.88. The molecule has 0 aliphatic carbocycles. The number of hydrogen-bond acceptors (Lipinski definition) is 1. The molecular weight excluding hydrogens is 709 g/mol. The SMILES string of the molecule is c1cc(-c2cccc(-c3cccc4c3sc3ccccc34)c2)cc(-c2cccc(-n3c4ccccc4c4ccc(-n5c6ccccc6c6ccccc65)cc43)c2)c1. The Morgan fingerprint density at radius 2 is 0.737 bits per heavy atom. The summed E-state index contributed by atoms with van der Waals surface area (Å²) < 4.78 is 7.52. The van der Waals surface area contributed by atoms with Gasteiger partial charge in [-0.15, -0.1) is 11.3 Å². The van der Waals surface area contributed by atoms with Crippen LogP contribution in [-0.2, 0) is 0 Å². The molecule has 3 heteroatoms. The molecule has 0 saturated carbocycles. The second-order valence-electron chi connectivity index (χ2n) is 14.9. The molecule has 0 amide bonds. The molecule has 0 radical (unpaired) electrons. The smallest absolute Gasteiger partial charge is 0.0561 e. The van der Waals surface area contributed by atoms with Crippen LogP contribution in [0.25, 0.3) is 109 Å². The van der Waals surface area contributed by atoms with Crippen molar-refractivity contribution < 1.29 is 0 Å². The molecule has 0 N–H and O–H groups in total. The largest absolute Gasteiger partial charge is 0.309 e. The molecule has 0 aliphatic rings. The van der Waals surface area contributed by atoms with Crippen molar-refractivity contribution >= 4 is 75.1 Å². The topological polar surface area (TPSA) is 9.86 Å². The summed E-state index contributed by atoms with van der Waals surface area (Å²) in [7, 11) is 0. The number of benzene rings is 9. The number of thiophene rings is 1. The Kier molecular flexibility index (Phi) is 7.13. The summed E-state index contributed by atoms with van der Waals surface area (Å²) in [5, 5.41) is 7.68. The Morgan fingerprint density at radius 3 is 1.40 bits per heavy atom. The van der Waals surface area contributed by atoms with Crippen molar-refractivity contribution in [2.24, 2.45) is 0 Å². The molecule has 0 spiro atoms. The normalized spacial score (nSPS) is 11.9. The van der Waals surface area contributed by atoms with Gasteiger partial charge in [0, 0.05) is 53.1 Å². The van der Waals surface area contributed by atoms with Crippen molar-refractivity contribution in [2.75, 3.05) is 0 Å². The average Bonchev–Trinajstić information content (AvgIpc) is 3.94. The van der Waals surface area contributed by atoms with E-state index in [0.29, 0.717) is 0 Å². The molecule has 9 aromatic carbocycles. The quantitative estimate of drug-likeness (QED) is 0.166. The third-order valence-electron chi connectivity index (χ3n) is 11.7. The van der Waals surface area contributed by atoms with Gasteiger partial charge in [0.25, 0.3) is 0 Å². The molecule has 0 atom stereocenters. The first-order chi connectivity index (χ1) is 28.3. The van der Waals surface area contributed by atoms with Gasteiger partial charge in [0.1, 0.15) is 0 Å². The zero-order chi connectivity index (χ0) is 37.5. The molecule has 3 heterocycles. The van der Waals surface area contributed by atoms with Gasteiger partial charge in [0.15, 0.2) is 0 Å². The fourth-order valence-electron chi connectivity index (χ4n) is 9.12. The van der Waals surface area contributed by atoms with Gasteiger partial charge in [-0.1, -0.05) is 146 Å². The van der Waals surface area contributed by atoms with E-state index in [0.717, 1.165) is 11.4 Å². The molecule has 2 nitrogen and oxygen atoms in total. The van der Waals surface area contributed by atoms with E-state index in [2.05, 4.69) is 215 Å². The van der Waals surface area contributed by atoms with E-state index >= 15 is 0 Å². The van der Waals surface area contributed by atoms with Crippen molar-refractivity contribution in [3.05, 3.63) is 206 Å². The molecule has 0 fully saturated rings. The first kappa shape index (κ1) is 32.1. The highest BCUT2D eigenvalue weighted by molar-refractivity contribution is 7.26. The Hall–Kier alpha value is -7.20. The van der Waals surface area contributed by atoms with Gasteiger partial charge in [-0.3, -0.25) is 0 Å². The Balaban J connectivity index is 0.970. The number of rotatable bonds is 5. The average molecular weight is 743 g/mol. The first-order valence-electron chi connectivity index (χ1n) is 19.5. The monoisotopic (exact) mass is 742 g/mol. The van der Waals surface area contributed by atoms with Gasteiger partial charge in [-0.25, -0.2) is 0 Å². The molecule has 0 saturated heterocycles. The van der Waals surface area contributed by atoms with E-state index in [-0.39, 0.29) is 0 Å². The van der Waals surface area contributed by atoms with Gasteiger partial charge >= 0.3 is 0 Å². The summed E-state index contributed by atoms with van der Waals surface area (Å²) in [6, 6.07) is 75.7. The lowest BCUT2D eigenvalue weighted by Gasteiger charge is -2.13. The molecule has 0 bridgehead atoms. The molecule has 12 rings (SSSR count). The van der Waals surface area contributed by atoms with Crippen LogP contribution >= 0.6 is 11.3 Å². The highest BCUT2D eigenvalue weighted by Crippen LogP contribution is 2.41. The van der Waals surface area contributed by atoms with Crippen LogP contribution in [0.4, 0.5) is 0 Å². The fraction of sp³-hybridized carbons (Fsp3) is 0. The zero-order valence-electron chi connectivity index (χ0n) is 30.9. The van der Waals surface area contributed by atoms with Gasteiger partial charge in [-0.2, -0.15) is 0 Å². The number of fused-ring (bicyclic) bond motifs is 9. The maximum absolute atomic E-state index is 2.44. The zero-order valence-corrected chi connectivity index (χ0v) is 31.7. The standard InChI is InChI=1S/C54H34N2S/c1-5-25-49-43(19-1)44-20-2-6-26-50(44)55(49)41-29-30-46-45-21-3-7-27-51(45)56(52(46)34-41)40-18-11-16-38(33-40)36-14-9-13-35(31-36)37-15-10-17-39(32-37)42-23-12-24-48-47-22-4-8-28-53(47)57-54(42)48/h1-34H. The number of nitrogens with zero attached hydrogens (tertiary/aromatic N) is 2. The minimum absolute atomic E-state index is 1.14. The van der Waals surface area contributed by atoms with Crippen LogP contribution in [0.3, 0.4) is 0 Å². The maximum atomic E-state index is 2.44. The highest BCUT2D eigenvalue weighted by Gasteiger charge is 2.17. The number of hydrogen-bond donors (Lipinski definition) is 0. The summed E-state index contributed by atoms with van der Waals surface area (Å²) in [5.74, 6) is 0. The predicted molar refractivity (Wildman–Crippen MR) is 244 cm³/mol. The van der Waals surface area contributed by atoms with E-state index in [4.69, 9.17) is 0 Å². The molecule has 57 heavy (non-hydrogen) atoms. The van der Waals surface area contributed by atoms with E-state index < -0.39 is 0 Å². The molecule has 266 valence electrons. The van der Waals surface area contributed by atoms with E-state index in [1.165, 1.54) is 97.2 Å². The van der Waals surface area contributed by atoms with Crippen LogP contribution < -0.4 is 0 Å². The maximum Gasteiger partial charge on any atom is 0.0561 e. The van der Waals surface area contributed by atoms with Crippen molar-refractivity contribution in [1.82, 2.24) is 9.13 Å². The van der Waals surface area contributed by atoms with Crippen molar-refractivity contribution in [1.29, 1.82) is 0 Å². The highest BCUT2D eigenvalue weighted by atomic mass is 32.1. The summed E-state index contributed by atoms with van der Waals surface area (Å²) in [5.41, 5.74) is 14.4. The molecule has 3 aromatic heterocycles. The van der Waals surface area contributed by atoms with Gasteiger partial charge in [-0.05, 0) is 94.0 Å². The minimum Gasteiger partial charge on any atom is -0.309 e. The van der Waals surface area contributed by atoms with Crippen molar-refractivity contribution in [2.45, 2.75) is 0 Å². The molecule has 0 aliphatic heterocycles. The third-order valence-corrected chi connectivity index (χ3v) is 12.9. The molecule has 0 unspecified atom stereocenters. The van der Waals surface area contributed by atoms with Crippen molar-refractivity contribution in [3.8, 4) is 44.8 Å². The molecular formula is C54H34N2S. The van der Waals surface area contributed by atoms with Gasteiger partial charge in [0.2, 0.25) is 0 Å². The Labute approximate surface area is 333 Å². The lowest BCUT2D eigenvalue weighted by molar-refractivity contribution is 1.15. The fourth-order valence-corrected chi connectivity index (χ4v) is 10.4. The Morgan fingerprint density at radius 1 is 0.281 bits per heavy atom. The minimum atomic E-state index is 1.14. The molecule has 12 aromatic rings. The van der Waals surface area contributed by atoms with Crippen molar-refractivity contribution in [3.63, 3.8) is 0 Å². The third kappa shape index (κ3) is 5.03. The van der Waals surface area contributed by atoms with Crippen LogP contribution in [0.2, 0.25) is 0 Å². The number of para-hydroxylation sites is 3. The second kappa shape index (κ2) is 12.7. The van der Waals surface area contributed by atoms with E-state index in [9.17, 15) is 0 Å². The first-order valence-corrected chi connectivity index (χ1v) is 20.3. The van der Waals surface area contributed by atoms with Crippen LogP contribution in [0.5, 0.6) is 0 Å². The summed E-state index contributed by atoms with van der Waals surface area (Å²) in [6.07, 6.45) is 0. The number of aromatic nitrogens is 2. The lowest BCUT2D eigenvalue weighted by atomic mass is 9.95. The van der Waals surface area contributed by atoms with Gasteiger partial charge in [0.05, 0.1) is 22.1 Å². The van der Waals surface area contributed by atoms with Crippen LogP contribution in [0.1, 0.15) is 0 Å². The summed E-state index contributed by atoms with van der Waals surface area (Å²) in [4.78, 5) is 0. The van der Waals surface area contributed by atoms with Crippen LogP contribution in [-0.4, -0.2) is 9.13 Å². The van der Waals surface area contributed by atoms with Crippen LogP contribution in [0, 0.1) is 0 Å². The lowest BCUT2D eigenvalue weighted by Crippen LogP contribution is -1.97. The predicted octanol–water partition coefficient (Wildman–Crippen LogP) is 15.2.